The molecule has 0 spiro atoms. The molecule has 1 aliphatic rings. The summed E-state index contributed by atoms with van der Waals surface area (Å²) in [6, 6.07) is 9.60. The van der Waals surface area contributed by atoms with Crippen LogP contribution in [0.2, 0.25) is 0 Å². The molecule has 1 N–H and O–H groups in total. The predicted molar refractivity (Wildman–Crippen MR) is 78.8 cm³/mol. The molecule has 0 saturated heterocycles. The van der Waals surface area contributed by atoms with Crippen molar-refractivity contribution in [3.05, 3.63) is 34.3 Å². The first kappa shape index (κ1) is 14.0. The number of hydrogen-bond donors (Lipinski definition) is 1. The molecule has 2 nitrogen and oxygen atoms in total. The minimum absolute atomic E-state index is 0.493. The van der Waals surface area contributed by atoms with Crippen LogP contribution in [0.25, 0.3) is 0 Å². The molecule has 1 saturated carbocycles. The van der Waals surface area contributed by atoms with Crippen molar-refractivity contribution in [1.29, 1.82) is 0 Å². The third-order valence-corrected chi connectivity index (χ3v) is 4.02. The maximum atomic E-state index is 5.30. The van der Waals surface area contributed by atoms with E-state index in [4.69, 9.17) is 4.74 Å². The van der Waals surface area contributed by atoms with Crippen LogP contribution in [0.15, 0.2) is 28.7 Å². The van der Waals surface area contributed by atoms with E-state index >= 15 is 0 Å². The maximum absolute atomic E-state index is 5.30. The van der Waals surface area contributed by atoms with Crippen molar-refractivity contribution in [2.75, 3.05) is 13.7 Å². The van der Waals surface area contributed by atoms with Gasteiger partial charge in [-0.15, -0.1) is 0 Å². The van der Waals surface area contributed by atoms with Gasteiger partial charge < -0.3 is 10.1 Å². The second kappa shape index (κ2) is 6.69. The molecule has 1 aliphatic carbocycles. The molecule has 0 heterocycles. The fourth-order valence-electron chi connectivity index (χ4n) is 2.40. The monoisotopic (exact) mass is 311 g/mol. The molecule has 0 amide bonds. The van der Waals surface area contributed by atoms with E-state index in [0.717, 1.165) is 23.4 Å². The molecule has 2 unspecified atom stereocenters. The van der Waals surface area contributed by atoms with E-state index in [9.17, 15) is 0 Å². The topological polar surface area (TPSA) is 21.3 Å². The van der Waals surface area contributed by atoms with Gasteiger partial charge in [0.2, 0.25) is 0 Å². The molecule has 18 heavy (non-hydrogen) atoms. The summed E-state index contributed by atoms with van der Waals surface area (Å²) in [5, 5.41) is 3.71. The number of halogens is 1. The predicted octanol–water partition coefficient (Wildman–Crippen LogP) is 3.39. The fraction of sp³-hybridized carbons (Fsp3) is 0.600. The van der Waals surface area contributed by atoms with Crippen molar-refractivity contribution in [3.8, 4) is 0 Å². The van der Waals surface area contributed by atoms with Gasteiger partial charge in [0.25, 0.3) is 0 Å². The molecule has 2 atom stereocenters. The zero-order valence-corrected chi connectivity index (χ0v) is 12.7. The zero-order valence-electron chi connectivity index (χ0n) is 11.2. The third kappa shape index (κ3) is 4.38. The Labute approximate surface area is 118 Å². The molecular weight excluding hydrogens is 290 g/mol. The quantitative estimate of drug-likeness (QED) is 0.833. The van der Waals surface area contributed by atoms with Crippen LogP contribution in [0, 0.1) is 5.92 Å². The minimum Gasteiger partial charge on any atom is -0.383 e. The summed E-state index contributed by atoms with van der Waals surface area (Å²) < 4.78 is 6.44. The van der Waals surface area contributed by atoms with Crippen molar-refractivity contribution in [3.63, 3.8) is 0 Å². The van der Waals surface area contributed by atoms with Gasteiger partial charge in [-0.3, -0.25) is 0 Å². The lowest BCUT2D eigenvalue weighted by atomic mass is 10.1. The first-order chi connectivity index (χ1) is 8.69. The van der Waals surface area contributed by atoms with E-state index in [-0.39, 0.29) is 0 Å². The van der Waals surface area contributed by atoms with E-state index in [1.54, 1.807) is 7.11 Å². The first-order valence-electron chi connectivity index (χ1n) is 6.68. The average Bonchev–Trinajstić information content (AvgIpc) is 3.16. The van der Waals surface area contributed by atoms with Gasteiger partial charge in [0.15, 0.2) is 0 Å². The molecule has 0 aliphatic heterocycles. The van der Waals surface area contributed by atoms with Crippen molar-refractivity contribution in [2.45, 2.75) is 38.3 Å². The van der Waals surface area contributed by atoms with Gasteiger partial charge in [0.1, 0.15) is 0 Å². The Morgan fingerprint density at radius 1 is 1.33 bits per heavy atom. The first-order valence-corrected chi connectivity index (χ1v) is 7.47. The lowest BCUT2D eigenvalue weighted by Gasteiger charge is -2.22. The number of ether oxygens (including phenoxy) is 1. The van der Waals surface area contributed by atoms with E-state index in [0.29, 0.717) is 12.1 Å². The zero-order chi connectivity index (χ0) is 13.0. The highest BCUT2D eigenvalue weighted by atomic mass is 79.9. The number of benzene rings is 1. The van der Waals surface area contributed by atoms with Crippen LogP contribution in [-0.2, 0) is 11.2 Å². The Morgan fingerprint density at radius 2 is 2.00 bits per heavy atom. The van der Waals surface area contributed by atoms with Crippen LogP contribution in [0.4, 0.5) is 0 Å². The summed E-state index contributed by atoms with van der Waals surface area (Å²) in [6.07, 6.45) is 3.78. The van der Waals surface area contributed by atoms with Crippen molar-refractivity contribution >= 4 is 15.9 Å². The number of hydrogen-bond acceptors (Lipinski definition) is 2. The van der Waals surface area contributed by atoms with Crippen LogP contribution in [0.5, 0.6) is 0 Å². The van der Waals surface area contributed by atoms with Crippen LogP contribution in [-0.4, -0.2) is 25.8 Å². The molecule has 1 aromatic carbocycles. The Morgan fingerprint density at radius 3 is 2.56 bits per heavy atom. The van der Waals surface area contributed by atoms with E-state index in [1.165, 1.54) is 18.4 Å². The lowest BCUT2D eigenvalue weighted by Crippen LogP contribution is -2.42. The van der Waals surface area contributed by atoms with Crippen LogP contribution in [0.3, 0.4) is 0 Å². The van der Waals surface area contributed by atoms with Crippen molar-refractivity contribution < 1.29 is 4.74 Å². The highest BCUT2D eigenvalue weighted by Gasteiger charge is 2.31. The van der Waals surface area contributed by atoms with E-state index < -0.39 is 0 Å². The minimum atomic E-state index is 0.493. The van der Waals surface area contributed by atoms with Crippen molar-refractivity contribution in [2.24, 2.45) is 5.92 Å². The lowest BCUT2D eigenvalue weighted by molar-refractivity contribution is 0.152. The summed E-state index contributed by atoms with van der Waals surface area (Å²) >= 11 is 3.47. The molecule has 2 rings (SSSR count). The molecule has 0 aromatic heterocycles. The second-order valence-corrected chi connectivity index (χ2v) is 6.21. The number of rotatable bonds is 7. The summed E-state index contributed by atoms with van der Waals surface area (Å²) in [5.41, 5.74) is 1.38. The molecule has 0 radical (unpaired) electrons. The summed E-state index contributed by atoms with van der Waals surface area (Å²) in [5.74, 6) is 0.831. The summed E-state index contributed by atoms with van der Waals surface area (Å²) in [6.45, 7) is 3.09. The highest BCUT2D eigenvalue weighted by Crippen LogP contribution is 2.33. The summed E-state index contributed by atoms with van der Waals surface area (Å²) in [4.78, 5) is 0. The SMILES string of the molecule is COCC(NC(C)Cc1ccc(Br)cc1)C1CC1. The standard InChI is InChI=1S/C15H22BrNO/c1-11(9-12-3-7-14(16)8-4-12)17-15(10-18-2)13-5-6-13/h3-4,7-8,11,13,15,17H,5-6,9-10H2,1-2H3. The third-order valence-electron chi connectivity index (χ3n) is 3.49. The smallest absolute Gasteiger partial charge is 0.0618 e. The van der Waals surface area contributed by atoms with Crippen LogP contribution < -0.4 is 5.32 Å². The number of methoxy groups -OCH3 is 1. The Hall–Kier alpha value is -0.380. The molecular formula is C15H22BrNO. The molecule has 100 valence electrons. The van der Waals surface area contributed by atoms with Crippen molar-refractivity contribution in [1.82, 2.24) is 5.32 Å². The fourth-order valence-corrected chi connectivity index (χ4v) is 2.66. The second-order valence-electron chi connectivity index (χ2n) is 5.30. The largest absolute Gasteiger partial charge is 0.383 e. The van der Waals surface area contributed by atoms with Gasteiger partial charge in [-0.1, -0.05) is 28.1 Å². The molecule has 0 bridgehead atoms. The molecule has 1 fully saturated rings. The molecule has 3 heteroatoms. The van der Waals surface area contributed by atoms with Gasteiger partial charge in [0, 0.05) is 23.7 Å². The normalized spacial score (nSPS) is 18.6. The van der Waals surface area contributed by atoms with E-state index in [1.807, 2.05) is 0 Å². The van der Waals surface area contributed by atoms with Crippen LogP contribution >= 0.6 is 15.9 Å². The van der Waals surface area contributed by atoms with Crippen LogP contribution in [0.1, 0.15) is 25.3 Å². The summed E-state index contributed by atoms with van der Waals surface area (Å²) in [7, 11) is 1.79. The Kier molecular flexibility index (Phi) is 5.22. The number of nitrogens with one attached hydrogen (secondary N) is 1. The van der Waals surface area contributed by atoms with Gasteiger partial charge in [-0.05, 0) is 49.8 Å². The van der Waals surface area contributed by atoms with E-state index in [2.05, 4.69) is 52.4 Å². The highest BCUT2D eigenvalue weighted by molar-refractivity contribution is 9.10. The van der Waals surface area contributed by atoms with Gasteiger partial charge >= 0.3 is 0 Å². The average molecular weight is 312 g/mol. The van der Waals surface area contributed by atoms with Gasteiger partial charge in [-0.25, -0.2) is 0 Å². The van der Waals surface area contributed by atoms with Gasteiger partial charge in [-0.2, -0.15) is 0 Å². The Bertz CT molecular complexity index is 361. The maximum Gasteiger partial charge on any atom is 0.0618 e. The Balaban J connectivity index is 1.83. The van der Waals surface area contributed by atoms with Gasteiger partial charge in [0.05, 0.1) is 6.61 Å². The molecule has 1 aromatic rings.